The topological polar surface area (TPSA) is 25.8 Å². The lowest BCUT2D eigenvalue weighted by Gasteiger charge is -2.06. The van der Waals surface area contributed by atoms with Crippen molar-refractivity contribution in [1.82, 2.24) is 9.97 Å². The van der Waals surface area contributed by atoms with Crippen LogP contribution in [0, 0.1) is 11.6 Å². The van der Waals surface area contributed by atoms with E-state index in [0.29, 0.717) is 19.0 Å². The van der Waals surface area contributed by atoms with Gasteiger partial charge in [-0.25, -0.2) is 18.7 Å². The second-order valence-electron chi connectivity index (χ2n) is 7.89. The molecule has 0 amide bonds. The highest BCUT2D eigenvalue weighted by molar-refractivity contribution is 9.10. The fourth-order valence-corrected chi connectivity index (χ4v) is 7.14. The van der Waals surface area contributed by atoms with E-state index in [4.69, 9.17) is 0 Å². The number of rotatable bonds is 12. The molecule has 0 fully saturated rings. The Bertz CT molecular complexity index is 951. The third kappa shape index (κ3) is 6.67. The molecule has 174 valence electrons. The molecule has 2 nitrogen and oxygen atoms in total. The monoisotopic (exact) mass is 604 g/mol. The molecule has 8 heteroatoms. The summed E-state index contributed by atoms with van der Waals surface area (Å²) in [6, 6.07) is 2.58. The fourth-order valence-electron chi connectivity index (χ4n) is 3.53. The molecular weight excluding hydrogens is 578 g/mol. The van der Waals surface area contributed by atoms with E-state index in [9.17, 15) is 0 Å². The van der Waals surface area contributed by atoms with Crippen molar-refractivity contribution in [1.29, 1.82) is 0 Å². The van der Waals surface area contributed by atoms with Gasteiger partial charge in [0.1, 0.15) is 20.8 Å². The molecular formula is C24H28Br2F2N2S2. The van der Waals surface area contributed by atoms with Gasteiger partial charge in [-0.15, -0.1) is 22.7 Å². The van der Waals surface area contributed by atoms with Crippen molar-refractivity contribution in [3.63, 3.8) is 0 Å². The zero-order valence-electron chi connectivity index (χ0n) is 18.4. The van der Waals surface area contributed by atoms with Crippen LogP contribution in [0.1, 0.15) is 75.2 Å². The SMILES string of the molecule is CCCCCCc1nc(Br)c(-c2cc(F)c(-c3sc(CCCCCC)nc3Br)cc2F)s1. The maximum absolute atomic E-state index is 15.1. The Hall–Kier alpha value is -0.700. The van der Waals surface area contributed by atoms with E-state index < -0.39 is 11.6 Å². The summed E-state index contributed by atoms with van der Waals surface area (Å²) in [5, 5.41) is 1.90. The Balaban J connectivity index is 1.80. The van der Waals surface area contributed by atoms with Crippen molar-refractivity contribution in [3.05, 3.63) is 43.0 Å². The van der Waals surface area contributed by atoms with Gasteiger partial charge < -0.3 is 0 Å². The molecule has 0 aliphatic carbocycles. The molecule has 0 aliphatic rings. The van der Waals surface area contributed by atoms with E-state index in [-0.39, 0.29) is 11.1 Å². The largest absolute Gasteiger partial charge is 0.234 e. The van der Waals surface area contributed by atoms with Gasteiger partial charge in [-0.1, -0.05) is 52.4 Å². The third-order valence-corrected chi connectivity index (χ3v) is 9.26. The molecule has 0 saturated heterocycles. The molecule has 0 spiro atoms. The van der Waals surface area contributed by atoms with Gasteiger partial charge in [0.05, 0.1) is 19.8 Å². The van der Waals surface area contributed by atoms with Crippen molar-refractivity contribution in [2.24, 2.45) is 0 Å². The number of hydrogen-bond donors (Lipinski definition) is 0. The van der Waals surface area contributed by atoms with Crippen molar-refractivity contribution in [3.8, 4) is 20.9 Å². The molecule has 2 aromatic heterocycles. The van der Waals surface area contributed by atoms with Gasteiger partial charge in [0.25, 0.3) is 0 Å². The number of nitrogens with zero attached hydrogens (tertiary/aromatic N) is 2. The Labute approximate surface area is 214 Å². The van der Waals surface area contributed by atoms with E-state index in [0.717, 1.165) is 48.5 Å². The minimum atomic E-state index is -0.451. The molecule has 2 heterocycles. The molecule has 32 heavy (non-hydrogen) atoms. The van der Waals surface area contributed by atoms with Crippen LogP contribution in [-0.2, 0) is 12.8 Å². The highest BCUT2D eigenvalue weighted by atomic mass is 79.9. The number of aryl methyl sites for hydroxylation is 2. The van der Waals surface area contributed by atoms with Crippen LogP contribution >= 0.6 is 54.5 Å². The van der Waals surface area contributed by atoms with E-state index in [2.05, 4.69) is 55.7 Å². The number of benzene rings is 1. The smallest absolute Gasteiger partial charge is 0.132 e. The van der Waals surface area contributed by atoms with Gasteiger partial charge in [-0.3, -0.25) is 0 Å². The van der Waals surface area contributed by atoms with Crippen molar-refractivity contribution in [2.45, 2.75) is 78.1 Å². The zero-order valence-corrected chi connectivity index (χ0v) is 23.3. The second kappa shape index (κ2) is 12.7. The predicted octanol–water partition coefficient (Wildman–Crippen LogP) is 9.98. The van der Waals surface area contributed by atoms with Crippen LogP contribution in [-0.4, -0.2) is 9.97 Å². The molecule has 0 saturated carbocycles. The van der Waals surface area contributed by atoms with Crippen molar-refractivity contribution < 1.29 is 8.78 Å². The minimum Gasteiger partial charge on any atom is -0.234 e. The molecule has 0 unspecified atom stereocenters. The standard InChI is InChI=1S/C24H28Br2F2N2S2/c1-3-5-7-9-11-19-29-23(25)21(31-19)15-13-18(28)16(14-17(15)27)22-24(26)30-20(32-22)12-10-8-6-4-2/h13-14H,3-12H2,1-2H3. The summed E-state index contributed by atoms with van der Waals surface area (Å²) >= 11 is 9.75. The second-order valence-corrected chi connectivity index (χ2v) is 11.6. The molecule has 3 rings (SSSR count). The molecule has 3 aromatic rings. The Morgan fingerprint density at radius 3 is 1.47 bits per heavy atom. The van der Waals surface area contributed by atoms with Gasteiger partial charge in [-0.2, -0.15) is 0 Å². The highest BCUT2D eigenvalue weighted by Crippen LogP contribution is 2.41. The van der Waals surface area contributed by atoms with Crippen molar-refractivity contribution >= 4 is 54.5 Å². The van der Waals surface area contributed by atoms with Gasteiger partial charge >= 0.3 is 0 Å². The van der Waals surface area contributed by atoms with E-state index in [1.165, 1.54) is 60.5 Å². The molecule has 0 aliphatic heterocycles. The fraction of sp³-hybridized carbons (Fsp3) is 0.500. The van der Waals surface area contributed by atoms with Gasteiger partial charge in [0, 0.05) is 11.1 Å². The first kappa shape index (κ1) is 25.9. The third-order valence-electron chi connectivity index (χ3n) is 5.29. The molecule has 1 aromatic carbocycles. The Kier molecular flexibility index (Phi) is 10.3. The first-order valence-corrected chi connectivity index (χ1v) is 14.5. The van der Waals surface area contributed by atoms with Gasteiger partial charge in [0.2, 0.25) is 0 Å². The minimum absolute atomic E-state index is 0.246. The maximum Gasteiger partial charge on any atom is 0.132 e. The average Bonchev–Trinajstić information content (AvgIpc) is 3.32. The van der Waals surface area contributed by atoms with Crippen LogP contribution in [0.2, 0.25) is 0 Å². The summed E-state index contributed by atoms with van der Waals surface area (Å²) < 4.78 is 31.4. The zero-order chi connectivity index (χ0) is 23.1. The summed E-state index contributed by atoms with van der Waals surface area (Å²) in [6.45, 7) is 4.36. The normalized spacial score (nSPS) is 11.4. The van der Waals surface area contributed by atoms with E-state index in [1.807, 2.05) is 0 Å². The van der Waals surface area contributed by atoms with Crippen LogP contribution in [0.25, 0.3) is 20.9 Å². The number of halogens is 4. The van der Waals surface area contributed by atoms with E-state index >= 15 is 8.78 Å². The summed E-state index contributed by atoms with van der Waals surface area (Å²) in [5.41, 5.74) is 0.492. The lowest BCUT2D eigenvalue weighted by Crippen LogP contribution is -1.90. The quantitative estimate of drug-likeness (QED) is 0.192. The highest BCUT2D eigenvalue weighted by Gasteiger charge is 2.21. The van der Waals surface area contributed by atoms with Gasteiger partial charge in [-0.05, 0) is 69.7 Å². The first-order valence-electron chi connectivity index (χ1n) is 11.2. The number of unbranched alkanes of at least 4 members (excludes halogenated alkanes) is 6. The lowest BCUT2D eigenvalue weighted by atomic mass is 10.1. The van der Waals surface area contributed by atoms with Crippen LogP contribution in [0.15, 0.2) is 21.3 Å². The summed E-state index contributed by atoms with van der Waals surface area (Å²) in [5.74, 6) is -0.902. The van der Waals surface area contributed by atoms with E-state index in [1.54, 1.807) is 0 Å². The Morgan fingerprint density at radius 1 is 0.688 bits per heavy atom. The predicted molar refractivity (Wildman–Crippen MR) is 140 cm³/mol. The summed E-state index contributed by atoms with van der Waals surface area (Å²) in [6.07, 6.45) is 10.9. The molecule has 0 bridgehead atoms. The average molecular weight is 606 g/mol. The summed E-state index contributed by atoms with van der Waals surface area (Å²) in [4.78, 5) is 10.3. The molecule has 0 N–H and O–H groups in total. The van der Waals surface area contributed by atoms with Crippen LogP contribution < -0.4 is 0 Å². The van der Waals surface area contributed by atoms with Crippen LogP contribution in [0.3, 0.4) is 0 Å². The van der Waals surface area contributed by atoms with Crippen molar-refractivity contribution in [2.75, 3.05) is 0 Å². The number of aromatic nitrogens is 2. The first-order chi connectivity index (χ1) is 15.4. The van der Waals surface area contributed by atoms with Crippen LogP contribution in [0.4, 0.5) is 8.78 Å². The number of thiazole rings is 2. The lowest BCUT2D eigenvalue weighted by molar-refractivity contribution is 0.606. The Morgan fingerprint density at radius 2 is 1.09 bits per heavy atom. The maximum atomic E-state index is 15.1. The van der Waals surface area contributed by atoms with Crippen LogP contribution in [0.5, 0.6) is 0 Å². The molecule has 0 atom stereocenters. The number of hydrogen-bond acceptors (Lipinski definition) is 4. The molecule has 0 radical (unpaired) electrons. The summed E-state index contributed by atoms with van der Waals surface area (Å²) in [7, 11) is 0. The van der Waals surface area contributed by atoms with Gasteiger partial charge in [0.15, 0.2) is 0 Å².